The topological polar surface area (TPSA) is 85.0 Å². The summed E-state index contributed by atoms with van der Waals surface area (Å²) in [7, 11) is 0. The molecule has 0 aromatic carbocycles. The monoisotopic (exact) mass is 448 g/mol. The first-order valence-corrected chi connectivity index (χ1v) is 12.0. The molecule has 9 heteroatoms. The highest BCUT2D eigenvalue weighted by molar-refractivity contribution is 5.49. The second kappa shape index (κ2) is 9.43. The van der Waals surface area contributed by atoms with Crippen LogP contribution < -0.4 is 10.5 Å². The normalized spacial score (nSPS) is 17.1. The lowest BCUT2D eigenvalue weighted by molar-refractivity contribution is 0.242. The highest BCUT2D eigenvalue weighted by Gasteiger charge is 2.23. The van der Waals surface area contributed by atoms with Gasteiger partial charge in [0, 0.05) is 55.7 Å². The van der Waals surface area contributed by atoms with Gasteiger partial charge in [0.05, 0.1) is 12.2 Å². The van der Waals surface area contributed by atoms with Gasteiger partial charge >= 0.3 is 0 Å². The van der Waals surface area contributed by atoms with E-state index in [9.17, 15) is 4.79 Å². The van der Waals surface area contributed by atoms with Gasteiger partial charge in [-0.05, 0) is 51.7 Å². The maximum Gasteiger partial charge on any atom is 0.266 e. The van der Waals surface area contributed by atoms with E-state index in [1.807, 2.05) is 19.9 Å². The minimum absolute atomic E-state index is 0.0809. The molecule has 4 heterocycles. The smallest absolute Gasteiger partial charge is 0.266 e. The minimum atomic E-state index is -0.0809. The third-order valence-corrected chi connectivity index (χ3v) is 6.73. The fraction of sp³-hybridized carbons (Fsp3) is 0.542. The first kappa shape index (κ1) is 21.8. The largest absolute Gasteiger partial charge is 0.354 e. The van der Waals surface area contributed by atoms with Crippen LogP contribution in [0, 0.1) is 13.8 Å². The summed E-state index contributed by atoms with van der Waals surface area (Å²) in [4.78, 5) is 26.4. The molecule has 0 unspecified atom stereocenters. The molecule has 0 bridgehead atoms. The molecule has 9 nitrogen and oxygen atoms in total. The Balaban J connectivity index is 1.22. The van der Waals surface area contributed by atoms with Crippen molar-refractivity contribution in [1.82, 2.24) is 34.4 Å². The molecule has 5 rings (SSSR count). The Bertz CT molecular complexity index is 1180. The fourth-order valence-corrected chi connectivity index (χ4v) is 4.94. The molecule has 2 aliphatic rings. The lowest BCUT2D eigenvalue weighted by atomic mass is 10.1. The number of nitrogens with zero attached hydrogens (tertiary/aromatic N) is 8. The van der Waals surface area contributed by atoms with Gasteiger partial charge in [0.2, 0.25) is 0 Å². The maximum absolute atomic E-state index is 12.4. The van der Waals surface area contributed by atoms with E-state index < -0.39 is 0 Å². The summed E-state index contributed by atoms with van der Waals surface area (Å²) in [6.07, 6.45) is 7.63. The molecule has 1 fully saturated rings. The van der Waals surface area contributed by atoms with Crippen molar-refractivity contribution in [2.24, 2.45) is 0 Å². The highest BCUT2D eigenvalue weighted by atomic mass is 16.1. The van der Waals surface area contributed by atoms with Crippen molar-refractivity contribution in [2.75, 3.05) is 37.6 Å². The van der Waals surface area contributed by atoms with E-state index in [0.717, 1.165) is 62.8 Å². The van der Waals surface area contributed by atoms with Crippen LogP contribution in [0.25, 0.3) is 5.82 Å². The standard InChI is InChI=1S/C24H32N8O/c1-18-16-19(2)32(27-18)22-8-9-23(33)31(28-22)15-12-29-10-13-30(14-11-29)24-20-6-4-3-5-7-21(20)25-17-26-24/h8-9,16-17H,3-7,10-15H2,1-2H3. The Kier molecular flexibility index (Phi) is 6.22. The van der Waals surface area contributed by atoms with E-state index in [4.69, 9.17) is 0 Å². The Hall–Kier alpha value is -3.07. The van der Waals surface area contributed by atoms with Gasteiger partial charge in [-0.2, -0.15) is 5.10 Å². The molecule has 0 radical (unpaired) electrons. The molecular formula is C24H32N8O. The Labute approximate surface area is 194 Å². The molecule has 0 N–H and O–H groups in total. The summed E-state index contributed by atoms with van der Waals surface area (Å²) in [6.45, 7) is 9.09. The second-order valence-corrected chi connectivity index (χ2v) is 9.10. The predicted molar refractivity (Wildman–Crippen MR) is 127 cm³/mol. The summed E-state index contributed by atoms with van der Waals surface area (Å²) < 4.78 is 3.34. The third kappa shape index (κ3) is 4.68. The van der Waals surface area contributed by atoms with Crippen LogP contribution in [-0.2, 0) is 19.4 Å². The van der Waals surface area contributed by atoms with E-state index in [0.29, 0.717) is 12.4 Å². The zero-order valence-electron chi connectivity index (χ0n) is 19.6. The van der Waals surface area contributed by atoms with Gasteiger partial charge in [-0.1, -0.05) is 6.42 Å². The van der Waals surface area contributed by atoms with Gasteiger partial charge in [0.15, 0.2) is 5.82 Å². The van der Waals surface area contributed by atoms with Crippen molar-refractivity contribution in [1.29, 1.82) is 0 Å². The molecule has 1 saturated heterocycles. The Morgan fingerprint density at radius 2 is 1.73 bits per heavy atom. The summed E-state index contributed by atoms with van der Waals surface area (Å²) in [5.41, 5.74) is 4.46. The third-order valence-electron chi connectivity index (χ3n) is 6.73. The van der Waals surface area contributed by atoms with Crippen molar-refractivity contribution >= 4 is 5.82 Å². The zero-order valence-corrected chi connectivity index (χ0v) is 19.6. The summed E-state index contributed by atoms with van der Waals surface area (Å²) in [5.74, 6) is 1.81. The van der Waals surface area contributed by atoms with Crippen LogP contribution in [0.4, 0.5) is 5.82 Å². The van der Waals surface area contributed by atoms with Gasteiger partial charge in [-0.25, -0.2) is 19.3 Å². The average Bonchev–Trinajstić information content (AvgIpc) is 3.01. The first-order valence-electron chi connectivity index (χ1n) is 12.0. The molecule has 0 amide bonds. The fourth-order valence-electron chi connectivity index (χ4n) is 4.94. The van der Waals surface area contributed by atoms with Gasteiger partial charge in [-0.15, -0.1) is 5.10 Å². The number of anilines is 1. The molecular weight excluding hydrogens is 416 g/mol. The molecule has 0 spiro atoms. The molecule has 1 aliphatic carbocycles. The van der Waals surface area contributed by atoms with Gasteiger partial charge in [0.25, 0.3) is 5.56 Å². The van der Waals surface area contributed by atoms with Crippen molar-refractivity contribution < 1.29 is 0 Å². The lowest BCUT2D eigenvalue weighted by Gasteiger charge is -2.36. The molecule has 0 saturated carbocycles. The molecule has 1 aliphatic heterocycles. The number of piperazine rings is 1. The maximum atomic E-state index is 12.4. The van der Waals surface area contributed by atoms with E-state index in [2.05, 4.69) is 30.0 Å². The number of rotatable bonds is 5. The molecule has 33 heavy (non-hydrogen) atoms. The Morgan fingerprint density at radius 3 is 2.52 bits per heavy atom. The van der Waals surface area contributed by atoms with Crippen molar-refractivity contribution in [2.45, 2.75) is 52.5 Å². The van der Waals surface area contributed by atoms with Crippen molar-refractivity contribution in [3.63, 3.8) is 0 Å². The van der Waals surface area contributed by atoms with E-state index in [-0.39, 0.29) is 5.56 Å². The quantitative estimate of drug-likeness (QED) is 0.552. The van der Waals surface area contributed by atoms with Crippen LogP contribution in [0.5, 0.6) is 0 Å². The van der Waals surface area contributed by atoms with Crippen molar-refractivity contribution in [3.05, 3.63) is 57.5 Å². The van der Waals surface area contributed by atoms with Gasteiger partial charge in [-0.3, -0.25) is 9.69 Å². The van der Waals surface area contributed by atoms with Crippen LogP contribution >= 0.6 is 0 Å². The van der Waals surface area contributed by atoms with Crippen LogP contribution in [0.1, 0.15) is 41.9 Å². The zero-order chi connectivity index (χ0) is 22.8. The average molecular weight is 449 g/mol. The second-order valence-electron chi connectivity index (χ2n) is 9.10. The van der Waals surface area contributed by atoms with Gasteiger partial charge < -0.3 is 4.90 Å². The molecule has 3 aromatic rings. The van der Waals surface area contributed by atoms with Crippen LogP contribution in [0.3, 0.4) is 0 Å². The van der Waals surface area contributed by atoms with E-state index in [1.165, 1.54) is 30.5 Å². The number of fused-ring (bicyclic) bond motifs is 1. The number of hydrogen-bond donors (Lipinski definition) is 0. The summed E-state index contributed by atoms with van der Waals surface area (Å²) >= 11 is 0. The molecule has 3 aromatic heterocycles. The van der Waals surface area contributed by atoms with Gasteiger partial charge in [0.1, 0.15) is 12.1 Å². The lowest BCUT2D eigenvalue weighted by Crippen LogP contribution is -2.48. The number of aryl methyl sites for hydroxylation is 3. The molecule has 174 valence electrons. The van der Waals surface area contributed by atoms with Crippen LogP contribution in [0.15, 0.2) is 29.3 Å². The Morgan fingerprint density at radius 1 is 0.909 bits per heavy atom. The minimum Gasteiger partial charge on any atom is -0.354 e. The van der Waals surface area contributed by atoms with Crippen molar-refractivity contribution in [3.8, 4) is 5.82 Å². The van der Waals surface area contributed by atoms with Crippen LogP contribution in [-0.4, -0.2) is 67.2 Å². The van der Waals surface area contributed by atoms with E-state index >= 15 is 0 Å². The highest BCUT2D eigenvalue weighted by Crippen LogP contribution is 2.27. The summed E-state index contributed by atoms with van der Waals surface area (Å²) in [6, 6.07) is 5.33. The SMILES string of the molecule is Cc1cc(C)n(-c2ccc(=O)n(CCN3CCN(c4ncnc5c4CCCCC5)CC3)n2)n1. The first-order chi connectivity index (χ1) is 16.1. The molecule has 0 atom stereocenters. The number of hydrogen-bond acceptors (Lipinski definition) is 7. The van der Waals surface area contributed by atoms with Crippen LogP contribution in [0.2, 0.25) is 0 Å². The number of aromatic nitrogens is 6. The summed E-state index contributed by atoms with van der Waals surface area (Å²) in [5, 5.41) is 9.06. The van der Waals surface area contributed by atoms with E-state index in [1.54, 1.807) is 27.8 Å². The predicted octanol–water partition coefficient (Wildman–Crippen LogP) is 1.93.